The Morgan fingerprint density at radius 1 is 1.23 bits per heavy atom. The lowest BCUT2D eigenvalue weighted by molar-refractivity contribution is 0.120. The van der Waals surface area contributed by atoms with Gasteiger partial charge in [-0.3, -0.25) is 0 Å². The van der Waals surface area contributed by atoms with Gasteiger partial charge in [-0.15, -0.1) is 0 Å². The Balaban J connectivity index is 1.55. The lowest BCUT2D eigenvalue weighted by atomic mass is 10.1. The van der Waals surface area contributed by atoms with Crippen LogP contribution in [0.15, 0.2) is 36.5 Å². The fourth-order valence-electron chi connectivity index (χ4n) is 2.55. The molecule has 5 nitrogen and oxygen atoms in total. The van der Waals surface area contributed by atoms with Crippen molar-refractivity contribution in [3.8, 4) is 0 Å². The molecule has 1 aliphatic rings. The number of nitrogens with one attached hydrogen (secondary N) is 2. The van der Waals surface area contributed by atoms with E-state index >= 15 is 0 Å². The predicted octanol–water partition coefficient (Wildman–Crippen LogP) is 2.99. The zero-order chi connectivity index (χ0) is 15.2. The van der Waals surface area contributed by atoms with Crippen LogP contribution >= 0.6 is 0 Å². The number of nitrogens with zero attached hydrogens (tertiary/aromatic N) is 2. The molecule has 2 aromatic rings. The maximum atomic E-state index is 5.59. The van der Waals surface area contributed by atoms with Crippen LogP contribution in [-0.4, -0.2) is 29.2 Å². The Morgan fingerprint density at radius 2 is 2.14 bits per heavy atom. The van der Waals surface area contributed by atoms with Crippen LogP contribution < -0.4 is 10.6 Å². The molecule has 1 aromatic carbocycles. The highest BCUT2D eigenvalue weighted by Gasteiger charge is 2.15. The maximum absolute atomic E-state index is 5.59. The molecule has 1 unspecified atom stereocenters. The van der Waals surface area contributed by atoms with Gasteiger partial charge in [-0.2, -0.15) is 4.98 Å². The van der Waals surface area contributed by atoms with Crippen LogP contribution in [0.4, 0.5) is 11.8 Å². The minimum atomic E-state index is 0.284. The molecule has 0 amide bonds. The summed E-state index contributed by atoms with van der Waals surface area (Å²) in [5.74, 6) is 1.47. The lowest BCUT2D eigenvalue weighted by Gasteiger charge is -2.12. The van der Waals surface area contributed by atoms with Gasteiger partial charge < -0.3 is 15.4 Å². The van der Waals surface area contributed by atoms with Gasteiger partial charge in [0, 0.05) is 25.9 Å². The van der Waals surface area contributed by atoms with E-state index in [1.165, 1.54) is 11.1 Å². The van der Waals surface area contributed by atoms with Crippen molar-refractivity contribution in [3.05, 3.63) is 47.7 Å². The van der Waals surface area contributed by atoms with Gasteiger partial charge in [-0.05, 0) is 37.0 Å². The van der Waals surface area contributed by atoms with Crippen LogP contribution in [0.5, 0.6) is 0 Å². The van der Waals surface area contributed by atoms with Gasteiger partial charge in [-0.1, -0.05) is 24.3 Å². The number of hydrogen-bond donors (Lipinski definition) is 2. The summed E-state index contributed by atoms with van der Waals surface area (Å²) in [6.45, 7) is 4.51. The van der Waals surface area contributed by atoms with Gasteiger partial charge in [0.2, 0.25) is 5.95 Å². The first-order chi connectivity index (χ1) is 10.8. The monoisotopic (exact) mass is 298 g/mol. The van der Waals surface area contributed by atoms with Gasteiger partial charge in [0.05, 0.1) is 6.10 Å². The van der Waals surface area contributed by atoms with Crippen molar-refractivity contribution in [1.82, 2.24) is 9.97 Å². The van der Waals surface area contributed by atoms with Crippen molar-refractivity contribution < 1.29 is 4.74 Å². The van der Waals surface area contributed by atoms with E-state index in [9.17, 15) is 0 Å². The molecule has 1 aliphatic heterocycles. The summed E-state index contributed by atoms with van der Waals surface area (Å²) in [5, 5.41) is 6.60. The number of aromatic nitrogens is 2. The van der Waals surface area contributed by atoms with Crippen molar-refractivity contribution in [2.45, 2.75) is 32.4 Å². The van der Waals surface area contributed by atoms with Gasteiger partial charge in [-0.25, -0.2) is 4.98 Å². The summed E-state index contributed by atoms with van der Waals surface area (Å²) in [5.41, 5.74) is 2.55. The SMILES string of the molecule is Cc1ccccc1CNc1ccnc(NCC2CCCO2)n1. The summed E-state index contributed by atoms with van der Waals surface area (Å²) < 4.78 is 5.59. The molecule has 1 saturated heterocycles. The van der Waals surface area contributed by atoms with Crippen LogP contribution in [0.25, 0.3) is 0 Å². The normalized spacial score (nSPS) is 17.4. The fraction of sp³-hybridized carbons (Fsp3) is 0.412. The lowest BCUT2D eigenvalue weighted by Crippen LogP contribution is -2.19. The fourth-order valence-corrected chi connectivity index (χ4v) is 2.55. The minimum Gasteiger partial charge on any atom is -0.376 e. The predicted molar refractivity (Wildman–Crippen MR) is 88.0 cm³/mol. The van der Waals surface area contributed by atoms with Gasteiger partial charge in [0.1, 0.15) is 5.82 Å². The standard InChI is InChI=1S/C17H22N4O/c1-13-5-2-3-6-14(13)11-19-16-8-9-18-17(21-16)20-12-15-7-4-10-22-15/h2-3,5-6,8-9,15H,4,7,10-12H2,1H3,(H2,18,19,20,21). The summed E-state index contributed by atoms with van der Waals surface area (Å²) in [6, 6.07) is 10.2. The van der Waals surface area contributed by atoms with Gasteiger partial charge in [0.25, 0.3) is 0 Å². The first-order valence-electron chi connectivity index (χ1n) is 7.78. The Bertz CT molecular complexity index is 611. The van der Waals surface area contributed by atoms with E-state index < -0.39 is 0 Å². The molecule has 0 bridgehead atoms. The van der Waals surface area contributed by atoms with E-state index in [0.29, 0.717) is 5.95 Å². The average Bonchev–Trinajstić information content (AvgIpc) is 3.06. The zero-order valence-electron chi connectivity index (χ0n) is 12.9. The first-order valence-corrected chi connectivity index (χ1v) is 7.78. The van der Waals surface area contributed by atoms with Gasteiger partial charge in [0.15, 0.2) is 0 Å². The molecule has 0 saturated carbocycles. The molecule has 1 fully saturated rings. The molecular formula is C17H22N4O. The molecule has 5 heteroatoms. The molecule has 1 aromatic heterocycles. The largest absolute Gasteiger partial charge is 0.376 e. The highest BCUT2D eigenvalue weighted by molar-refractivity contribution is 5.41. The smallest absolute Gasteiger partial charge is 0.224 e. The van der Waals surface area contributed by atoms with Crippen LogP contribution in [0.3, 0.4) is 0 Å². The third-order valence-electron chi connectivity index (χ3n) is 3.89. The first kappa shape index (κ1) is 14.8. The summed E-state index contributed by atoms with van der Waals surface area (Å²) >= 11 is 0. The molecule has 3 rings (SSSR count). The molecule has 2 heterocycles. The molecule has 0 aliphatic carbocycles. The van der Waals surface area contributed by atoms with E-state index in [4.69, 9.17) is 4.74 Å². The molecule has 0 radical (unpaired) electrons. The van der Waals surface area contributed by atoms with Crippen LogP contribution in [0, 0.1) is 6.92 Å². The Morgan fingerprint density at radius 3 is 2.95 bits per heavy atom. The van der Waals surface area contributed by atoms with Crippen LogP contribution in [0.2, 0.25) is 0 Å². The second kappa shape index (κ2) is 7.22. The zero-order valence-corrected chi connectivity index (χ0v) is 12.9. The molecule has 1 atom stereocenters. The van der Waals surface area contributed by atoms with E-state index in [0.717, 1.165) is 38.4 Å². The summed E-state index contributed by atoms with van der Waals surface area (Å²) in [7, 11) is 0. The van der Waals surface area contributed by atoms with Crippen molar-refractivity contribution in [2.24, 2.45) is 0 Å². The number of anilines is 2. The topological polar surface area (TPSA) is 59.1 Å². The molecule has 0 spiro atoms. The number of ether oxygens (including phenoxy) is 1. The Labute approximate surface area is 131 Å². The van der Waals surface area contributed by atoms with Crippen molar-refractivity contribution in [1.29, 1.82) is 0 Å². The highest BCUT2D eigenvalue weighted by atomic mass is 16.5. The minimum absolute atomic E-state index is 0.284. The van der Waals surface area contributed by atoms with E-state index in [-0.39, 0.29) is 6.10 Å². The van der Waals surface area contributed by atoms with Crippen LogP contribution in [-0.2, 0) is 11.3 Å². The molecule has 22 heavy (non-hydrogen) atoms. The molecule has 2 N–H and O–H groups in total. The summed E-state index contributed by atoms with van der Waals surface area (Å²) in [4.78, 5) is 8.74. The van der Waals surface area contributed by atoms with Crippen molar-refractivity contribution in [3.63, 3.8) is 0 Å². The van der Waals surface area contributed by atoms with Crippen molar-refractivity contribution in [2.75, 3.05) is 23.8 Å². The second-order valence-corrected chi connectivity index (χ2v) is 5.56. The molecular weight excluding hydrogens is 276 g/mol. The van der Waals surface area contributed by atoms with Gasteiger partial charge >= 0.3 is 0 Å². The maximum Gasteiger partial charge on any atom is 0.224 e. The second-order valence-electron chi connectivity index (χ2n) is 5.56. The quantitative estimate of drug-likeness (QED) is 0.858. The number of hydrogen-bond acceptors (Lipinski definition) is 5. The molecule has 116 valence electrons. The number of rotatable bonds is 6. The van der Waals surface area contributed by atoms with Crippen molar-refractivity contribution >= 4 is 11.8 Å². The third-order valence-corrected chi connectivity index (χ3v) is 3.89. The van der Waals surface area contributed by atoms with Crippen LogP contribution in [0.1, 0.15) is 24.0 Å². The number of benzene rings is 1. The van der Waals surface area contributed by atoms with E-state index in [1.807, 2.05) is 6.07 Å². The third kappa shape index (κ3) is 3.95. The summed E-state index contributed by atoms with van der Waals surface area (Å²) in [6.07, 6.45) is 4.31. The Kier molecular flexibility index (Phi) is 4.85. The van der Waals surface area contributed by atoms with E-state index in [1.54, 1.807) is 6.20 Å². The van der Waals surface area contributed by atoms with E-state index in [2.05, 4.69) is 51.8 Å². The average molecular weight is 298 g/mol. The Hall–Kier alpha value is -2.14. The number of aryl methyl sites for hydroxylation is 1. The highest BCUT2D eigenvalue weighted by Crippen LogP contribution is 2.14.